The highest BCUT2D eigenvalue weighted by Crippen LogP contribution is 2.19. The minimum atomic E-state index is -0.462. The van der Waals surface area contributed by atoms with E-state index in [0.29, 0.717) is 41.3 Å². The van der Waals surface area contributed by atoms with Crippen molar-refractivity contribution in [2.24, 2.45) is 0 Å². The minimum absolute atomic E-state index is 0.323. The van der Waals surface area contributed by atoms with Gasteiger partial charge in [0, 0.05) is 5.02 Å². The second-order valence-electron chi connectivity index (χ2n) is 5.90. The van der Waals surface area contributed by atoms with E-state index in [9.17, 15) is 9.59 Å². The van der Waals surface area contributed by atoms with Crippen LogP contribution in [-0.2, 0) is 6.54 Å². The summed E-state index contributed by atoms with van der Waals surface area (Å²) in [4.78, 5) is 28.3. The van der Waals surface area contributed by atoms with Crippen LogP contribution in [0.1, 0.15) is 25.8 Å². The Labute approximate surface area is 138 Å². The zero-order valence-corrected chi connectivity index (χ0v) is 13.9. The molecule has 7 heteroatoms. The molecular weight excluding hydrogens is 316 g/mol. The van der Waals surface area contributed by atoms with Crippen molar-refractivity contribution in [3.05, 3.63) is 55.7 Å². The zero-order chi connectivity index (χ0) is 16.6. The van der Waals surface area contributed by atoms with E-state index in [1.165, 1.54) is 9.47 Å². The number of aromatic amines is 1. The van der Waals surface area contributed by atoms with Crippen LogP contribution in [0.15, 0.2) is 33.9 Å². The van der Waals surface area contributed by atoms with Gasteiger partial charge >= 0.3 is 5.69 Å². The lowest BCUT2D eigenvalue weighted by Gasteiger charge is -2.31. The number of benzene rings is 1. The van der Waals surface area contributed by atoms with Crippen LogP contribution in [-0.4, -0.2) is 22.3 Å². The van der Waals surface area contributed by atoms with Crippen LogP contribution in [0.4, 0.5) is 5.82 Å². The van der Waals surface area contributed by atoms with E-state index >= 15 is 0 Å². The predicted molar refractivity (Wildman–Crippen MR) is 90.6 cm³/mol. The van der Waals surface area contributed by atoms with Gasteiger partial charge in [0.2, 0.25) is 0 Å². The Morgan fingerprint density at radius 2 is 2.17 bits per heavy atom. The van der Waals surface area contributed by atoms with Gasteiger partial charge < -0.3 is 10.2 Å². The molecule has 0 bridgehead atoms. The molecule has 2 heterocycles. The molecule has 6 nitrogen and oxygen atoms in total. The number of anilines is 1. The summed E-state index contributed by atoms with van der Waals surface area (Å²) in [7, 11) is 0. The van der Waals surface area contributed by atoms with Gasteiger partial charge in [0.25, 0.3) is 5.56 Å². The molecule has 1 unspecified atom stereocenters. The van der Waals surface area contributed by atoms with Crippen LogP contribution in [0.3, 0.4) is 0 Å². The Hall–Kier alpha value is -2.05. The third kappa shape index (κ3) is 2.92. The van der Waals surface area contributed by atoms with Crippen molar-refractivity contribution in [1.29, 1.82) is 0 Å². The predicted octanol–water partition coefficient (Wildman–Crippen LogP) is 0.746. The maximum atomic E-state index is 12.3. The topological polar surface area (TPSA) is 71.3 Å². The molecule has 1 aromatic heterocycles. The molecule has 0 radical (unpaired) electrons. The lowest BCUT2D eigenvalue weighted by molar-refractivity contribution is -0.935. The van der Waals surface area contributed by atoms with E-state index in [0.717, 1.165) is 6.42 Å². The van der Waals surface area contributed by atoms with Gasteiger partial charge in [0.05, 0.1) is 11.7 Å². The fraction of sp³-hybridized carbons (Fsp3) is 0.375. The fourth-order valence-electron chi connectivity index (χ4n) is 2.91. The van der Waals surface area contributed by atoms with Gasteiger partial charge in [0.15, 0.2) is 6.67 Å². The van der Waals surface area contributed by atoms with Gasteiger partial charge in [-0.3, -0.25) is 9.78 Å². The molecule has 2 atom stereocenters. The zero-order valence-electron chi connectivity index (χ0n) is 13.1. The number of H-pyrrole nitrogens is 1. The van der Waals surface area contributed by atoms with Gasteiger partial charge in [-0.1, -0.05) is 24.6 Å². The lowest BCUT2D eigenvalue weighted by Crippen LogP contribution is -3.16. The van der Waals surface area contributed by atoms with Crippen LogP contribution in [0.2, 0.25) is 5.02 Å². The van der Waals surface area contributed by atoms with Crippen LogP contribution in [0.5, 0.6) is 0 Å². The van der Waals surface area contributed by atoms with Gasteiger partial charge in [0.1, 0.15) is 17.9 Å². The molecule has 3 rings (SSSR count). The summed E-state index contributed by atoms with van der Waals surface area (Å²) in [6, 6.07) is 7.46. The number of hydrogen-bond donors (Lipinski definition) is 3. The average molecular weight is 336 g/mol. The van der Waals surface area contributed by atoms with Crippen molar-refractivity contribution in [1.82, 2.24) is 9.55 Å². The number of quaternary nitrogens is 1. The second kappa shape index (κ2) is 6.22. The molecule has 1 aromatic carbocycles. The second-order valence-corrected chi connectivity index (χ2v) is 6.34. The number of halogens is 1. The van der Waals surface area contributed by atoms with Crippen LogP contribution in [0.25, 0.3) is 5.69 Å². The first-order valence-electron chi connectivity index (χ1n) is 7.74. The molecule has 1 aliphatic heterocycles. The highest BCUT2D eigenvalue weighted by molar-refractivity contribution is 6.30. The highest BCUT2D eigenvalue weighted by Gasteiger charge is 2.28. The standard InChI is InChI=1S/C16H19ClN4O2/c1-3-10(2)20-8-13-14(18-9-20)21(16(23)19-15(13)22)12-6-4-5-11(17)7-12/h4-7,10,18H,3,8-9H2,1-2H3,(H,19,22,23)/p+1/t10-/m0/s1. The summed E-state index contributed by atoms with van der Waals surface area (Å²) in [6.45, 7) is 5.55. The first kappa shape index (κ1) is 15.8. The van der Waals surface area contributed by atoms with Gasteiger partial charge in [-0.2, -0.15) is 0 Å². The maximum Gasteiger partial charge on any atom is 0.334 e. The van der Waals surface area contributed by atoms with Crippen molar-refractivity contribution >= 4 is 17.4 Å². The molecule has 122 valence electrons. The molecular formula is C16H20ClN4O2+. The number of nitrogens with one attached hydrogen (secondary N) is 3. The third-order valence-electron chi connectivity index (χ3n) is 4.47. The first-order valence-corrected chi connectivity index (χ1v) is 8.11. The number of rotatable bonds is 3. The van der Waals surface area contributed by atoms with Gasteiger partial charge in [-0.15, -0.1) is 0 Å². The van der Waals surface area contributed by atoms with E-state index < -0.39 is 5.69 Å². The van der Waals surface area contributed by atoms with Crippen LogP contribution in [0, 0.1) is 0 Å². The van der Waals surface area contributed by atoms with Crippen molar-refractivity contribution in [2.75, 3.05) is 12.0 Å². The highest BCUT2D eigenvalue weighted by atomic mass is 35.5. The smallest absolute Gasteiger partial charge is 0.324 e. The fourth-order valence-corrected chi connectivity index (χ4v) is 3.09. The van der Waals surface area contributed by atoms with E-state index in [2.05, 4.69) is 24.1 Å². The van der Waals surface area contributed by atoms with Gasteiger partial charge in [-0.25, -0.2) is 9.36 Å². The summed E-state index contributed by atoms with van der Waals surface area (Å²) >= 11 is 6.03. The molecule has 0 saturated carbocycles. The van der Waals surface area contributed by atoms with Crippen LogP contribution < -0.4 is 21.5 Å². The quantitative estimate of drug-likeness (QED) is 0.775. The molecule has 3 N–H and O–H groups in total. The summed E-state index contributed by atoms with van der Waals surface area (Å²) in [5.41, 5.74) is 0.451. The summed E-state index contributed by atoms with van der Waals surface area (Å²) < 4.78 is 1.48. The van der Waals surface area contributed by atoms with Crippen molar-refractivity contribution in [3.8, 4) is 5.69 Å². The Balaban J connectivity index is 2.14. The van der Waals surface area contributed by atoms with Crippen molar-refractivity contribution in [3.63, 3.8) is 0 Å². The van der Waals surface area contributed by atoms with Gasteiger partial charge in [-0.05, 0) is 31.5 Å². The lowest BCUT2D eigenvalue weighted by atomic mass is 10.1. The molecule has 2 aromatic rings. The Morgan fingerprint density at radius 3 is 2.87 bits per heavy atom. The molecule has 1 aliphatic rings. The number of hydrogen-bond acceptors (Lipinski definition) is 3. The molecule has 23 heavy (non-hydrogen) atoms. The monoisotopic (exact) mass is 335 g/mol. The molecule has 0 saturated heterocycles. The summed E-state index contributed by atoms with van der Waals surface area (Å²) in [5, 5.41) is 3.80. The normalized spacial score (nSPS) is 18.1. The Kier molecular flexibility index (Phi) is 4.28. The Bertz CT molecular complexity index is 843. The summed E-state index contributed by atoms with van der Waals surface area (Å²) in [6.07, 6.45) is 1.03. The van der Waals surface area contributed by atoms with E-state index in [1.807, 2.05) is 0 Å². The molecule has 0 aliphatic carbocycles. The van der Waals surface area contributed by atoms with Crippen molar-refractivity contribution in [2.45, 2.75) is 32.9 Å². The Morgan fingerprint density at radius 1 is 1.39 bits per heavy atom. The molecule has 0 fully saturated rings. The van der Waals surface area contributed by atoms with E-state index in [4.69, 9.17) is 11.6 Å². The minimum Gasteiger partial charge on any atom is -0.324 e. The number of aromatic nitrogens is 2. The third-order valence-corrected chi connectivity index (χ3v) is 4.70. The average Bonchev–Trinajstić information content (AvgIpc) is 2.54. The number of fused-ring (bicyclic) bond motifs is 1. The van der Waals surface area contributed by atoms with E-state index in [-0.39, 0.29) is 5.56 Å². The molecule has 0 spiro atoms. The maximum absolute atomic E-state index is 12.3. The number of nitrogens with zero attached hydrogens (tertiary/aromatic N) is 1. The van der Waals surface area contributed by atoms with Crippen molar-refractivity contribution < 1.29 is 4.90 Å². The largest absolute Gasteiger partial charge is 0.334 e. The molecule has 0 amide bonds. The van der Waals surface area contributed by atoms with Crippen LogP contribution >= 0.6 is 11.6 Å². The van der Waals surface area contributed by atoms with E-state index in [1.54, 1.807) is 24.3 Å². The SMILES string of the molecule is CC[C@H](C)[NH+]1CNc2c(c(=O)[nH]c(=O)n2-c2cccc(Cl)c2)C1. The first-order chi connectivity index (χ1) is 11.0. The summed E-state index contributed by atoms with van der Waals surface area (Å²) in [5.74, 6) is 0.563.